The van der Waals surface area contributed by atoms with Crippen molar-refractivity contribution in [3.8, 4) is 0 Å². The molecule has 0 aliphatic heterocycles. The molecule has 5 heteroatoms. The van der Waals surface area contributed by atoms with Gasteiger partial charge in [0.2, 0.25) is 5.91 Å². The molecule has 1 saturated carbocycles. The number of hydrogen-bond donors (Lipinski definition) is 2. The molecule has 0 spiro atoms. The van der Waals surface area contributed by atoms with Crippen LogP contribution in [0.3, 0.4) is 0 Å². The molecule has 0 saturated heterocycles. The van der Waals surface area contributed by atoms with Gasteiger partial charge in [-0.3, -0.25) is 14.9 Å². The van der Waals surface area contributed by atoms with Crippen LogP contribution in [-0.2, 0) is 14.3 Å². The highest BCUT2D eigenvalue weighted by Gasteiger charge is 2.21. The van der Waals surface area contributed by atoms with Gasteiger partial charge in [0.25, 0.3) is 0 Å². The van der Waals surface area contributed by atoms with Crippen LogP contribution in [0.1, 0.15) is 32.6 Å². The van der Waals surface area contributed by atoms with E-state index in [4.69, 9.17) is 10.5 Å². The summed E-state index contributed by atoms with van der Waals surface area (Å²) in [5.74, 6) is -0.149. The summed E-state index contributed by atoms with van der Waals surface area (Å²) in [5, 5.41) is 2.64. The molecule has 2 unspecified atom stereocenters. The molecule has 3 N–H and O–H groups in total. The van der Waals surface area contributed by atoms with Gasteiger partial charge in [0.05, 0.1) is 13.1 Å². The second kappa shape index (κ2) is 6.48. The molecular weight excluding hydrogens is 208 g/mol. The predicted octanol–water partition coefficient (Wildman–Crippen LogP) is 0.183. The lowest BCUT2D eigenvalue weighted by Gasteiger charge is -2.26. The second-order valence-electron chi connectivity index (χ2n) is 4.45. The Labute approximate surface area is 95.7 Å². The monoisotopic (exact) mass is 228 g/mol. The summed E-state index contributed by atoms with van der Waals surface area (Å²) in [5.41, 5.74) is 4.93. The second-order valence-corrected chi connectivity index (χ2v) is 4.45. The smallest absolute Gasteiger partial charge is 0.320 e. The molecule has 2 atom stereocenters. The molecular formula is C11H20N2O3. The SMILES string of the molecule is CC1CCCC(OC(=O)CNCC(N)=O)C1. The van der Waals surface area contributed by atoms with Gasteiger partial charge in [-0.05, 0) is 25.2 Å². The first kappa shape index (κ1) is 13.0. The molecule has 5 nitrogen and oxygen atoms in total. The lowest BCUT2D eigenvalue weighted by Crippen LogP contribution is -2.35. The van der Waals surface area contributed by atoms with E-state index < -0.39 is 5.91 Å². The van der Waals surface area contributed by atoms with E-state index in [9.17, 15) is 9.59 Å². The summed E-state index contributed by atoms with van der Waals surface area (Å²) in [6, 6.07) is 0. The van der Waals surface area contributed by atoms with Crippen molar-refractivity contribution in [1.29, 1.82) is 0 Å². The zero-order valence-electron chi connectivity index (χ0n) is 9.70. The number of amides is 1. The van der Waals surface area contributed by atoms with E-state index in [1.807, 2.05) is 0 Å². The number of primary amides is 1. The maximum absolute atomic E-state index is 11.4. The van der Waals surface area contributed by atoms with E-state index in [1.54, 1.807) is 0 Å². The van der Waals surface area contributed by atoms with Crippen molar-refractivity contribution in [2.24, 2.45) is 11.7 Å². The summed E-state index contributed by atoms with van der Waals surface area (Å²) >= 11 is 0. The predicted molar refractivity (Wildman–Crippen MR) is 59.6 cm³/mol. The third-order valence-corrected chi connectivity index (χ3v) is 2.75. The number of carbonyl (C=O) groups is 2. The van der Waals surface area contributed by atoms with Gasteiger partial charge in [0.15, 0.2) is 0 Å². The van der Waals surface area contributed by atoms with Gasteiger partial charge in [-0.15, -0.1) is 0 Å². The highest BCUT2D eigenvalue weighted by Crippen LogP contribution is 2.25. The fraction of sp³-hybridized carbons (Fsp3) is 0.818. The van der Waals surface area contributed by atoms with E-state index in [2.05, 4.69) is 12.2 Å². The van der Waals surface area contributed by atoms with E-state index in [1.165, 1.54) is 6.42 Å². The topological polar surface area (TPSA) is 81.4 Å². The molecule has 1 fully saturated rings. The van der Waals surface area contributed by atoms with Gasteiger partial charge >= 0.3 is 5.97 Å². The molecule has 1 rings (SSSR count). The van der Waals surface area contributed by atoms with E-state index in [0.717, 1.165) is 19.3 Å². The van der Waals surface area contributed by atoms with Crippen molar-refractivity contribution in [2.45, 2.75) is 38.7 Å². The first-order valence-electron chi connectivity index (χ1n) is 5.76. The first-order chi connectivity index (χ1) is 7.58. The molecule has 0 aromatic rings. The quantitative estimate of drug-likeness (QED) is 0.658. The van der Waals surface area contributed by atoms with Crippen molar-refractivity contribution in [2.75, 3.05) is 13.1 Å². The van der Waals surface area contributed by atoms with Gasteiger partial charge in [0, 0.05) is 0 Å². The minimum Gasteiger partial charge on any atom is -0.461 e. The number of nitrogens with two attached hydrogens (primary N) is 1. The molecule has 0 aromatic heterocycles. The Bertz CT molecular complexity index is 256. The van der Waals surface area contributed by atoms with Gasteiger partial charge in [-0.1, -0.05) is 13.3 Å². The average Bonchev–Trinajstić information content (AvgIpc) is 2.16. The maximum Gasteiger partial charge on any atom is 0.320 e. The maximum atomic E-state index is 11.4. The molecule has 1 aliphatic rings. The largest absolute Gasteiger partial charge is 0.461 e. The lowest BCUT2D eigenvalue weighted by atomic mass is 9.89. The van der Waals surface area contributed by atoms with Crippen LogP contribution in [0, 0.1) is 5.92 Å². The zero-order valence-corrected chi connectivity index (χ0v) is 9.70. The molecule has 0 heterocycles. The Balaban J connectivity index is 2.15. The molecule has 0 radical (unpaired) electrons. The van der Waals surface area contributed by atoms with E-state index in [-0.39, 0.29) is 25.2 Å². The number of esters is 1. The summed E-state index contributed by atoms with van der Waals surface area (Å²) < 4.78 is 5.29. The number of nitrogens with one attached hydrogen (secondary N) is 1. The third-order valence-electron chi connectivity index (χ3n) is 2.75. The van der Waals surface area contributed by atoms with Crippen LogP contribution >= 0.6 is 0 Å². The molecule has 1 amide bonds. The van der Waals surface area contributed by atoms with E-state index in [0.29, 0.717) is 5.92 Å². The summed E-state index contributed by atoms with van der Waals surface area (Å²) in [4.78, 5) is 21.8. The Hall–Kier alpha value is -1.10. The number of rotatable bonds is 5. The Kier molecular flexibility index (Phi) is 5.25. The summed E-state index contributed by atoms with van der Waals surface area (Å²) in [6.07, 6.45) is 4.28. The minimum atomic E-state index is -0.473. The first-order valence-corrected chi connectivity index (χ1v) is 5.76. The normalized spacial score (nSPS) is 25.1. The molecule has 92 valence electrons. The number of ether oxygens (including phenoxy) is 1. The van der Waals surface area contributed by atoms with Crippen LogP contribution in [0.25, 0.3) is 0 Å². The molecule has 16 heavy (non-hydrogen) atoms. The van der Waals surface area contributed by atoms with Crippen molar-refractivity contribution >= 4 is 11.9 Å². The summed E-state index contributed by atoms with van der Waals surface area (Å²) in [6.45, 7) is 2.23. The summed E-state index contributed by atoms with van der Waals surface area (Å²) in [7, 11) is 0. The van der Waals surface area contributed by atoms with Crippen molar-refractivity contribution in [1.82, 2.24) is 5.32 Å². The Morgan fingerprint density at radius 1 is 1.38 bits per heavy atom. The van der Waals surface area contributed by atoms with Crippen LogP contribution in [0.15, 0.2) is 0 Å². The third kappa shape index (κ3) is 5.11. The molecule has 1 aliphatic carbocycles. The van der Waals surface area contributed by atoms with Crippen molar-refractivity contribution in [3.63, 3.8) is 0 Å². The fourth-order valence-electron chi connectivity index (χ4n) is 2.00. The van der Waals surface area contributed by atoms with Gasteiger partial charge in [-0.25, -0.2) is 0 Å². The fourth-order valence-corrected chi connectivity index (χ4v) is 2.00. The van der Waals surface area contributed by atoms with Crippen LogP contribution in [-0.4, -0.2) is 31.1 Å². The van der Waals surface area contributed by atoms with Crippen LogP contribution in [0.4, 0.5) is 0 Å². The minimum absolute atomic E-state index is 0.0101. The van der Waals surface area contributed by atoms with Gasteiger partial charge < -0.3 is 10.5 Å². The standard InChI is InChI=1S/C11H20N2O3/c1-8-3-2-4-9(5-8)16-11(15)7-13-6-10(12)14/h8-9,13H,2-7H2,1H3,(H2,12,14). The number of carbonyl (C=O) groups excluding carboxylic acids is 2. The Morgan fingerprint density at radius 3 is 2.75 bits per heavy atom. The number of hydrogen-bond acceptors (Lipinski definition) is 4. The lowest BCUT2D eigenvalue weighted by molar-refractivity contribution is -0.150. The highest BCUT2D eigenvalue weighted by atomic mass is 16.5. The zero-order chi connectivity index (χ0) is 12.0. The van der Waals surface area contributed by atoms with Crippen LogP contribution in [0.2, 0.25) is 0 Å². The van der Waals surface area contributed by atoms with Gasteiger partial charge in [-0.2, -0.15) is 0 Å². The van der Waals surface area contributed by atoms with Crippen LogP contribution in [0.5, 0.6) is 0 Å². The van der Waals surface area contributed by atoms with Crippen molar-refractivity contribution in [3.05, 3.63) is 0 Å². The van der Waals surface area contributed by atoms with Crippen molar-refractivity contribution < 1.29 is 14.3 Å². The van der Waals surface area contributed by atoms with Gasteiger partial charge in [0.1, 0.15) is 6.10 Å². The average molecular weight is 228 g/mol. The van der Waals surface area contributed by atoms with Crippen LogP contribution < -0.4 is 11.1 Å². The highest BCUT2D eigenvalue weighted by molar-refractivity contribution is 5.77. The molecule has 0 bridgehead atoms. The van der Waals surface area contributed by atoms with E-state index >= 15 is 0 Å². The Morgan fingerprint density at radius 2 is 2.12 bits per heavy atom. The molecule has 0 aromatic carbocycles.